The lowest BCUT2D eigenvalue weighted by Gasteiger charge is -2.34. The number of benzene rings is 2. The molecule has 2 fully saturated rings. The number of anilines is 1. The Labute approximate surface area is 209 Å². The first-order chi connectivity index (χ1) is 17.0. The highest BCUT2D eigenvalue weighted by molar-refractivity contribution is 7.89. The van der Waals surface area contributed by atoms with Crippen molar-refractivity contribution >= 4 is 21.6 Å². The quantitative estimate of drug-likeness (QED) is 0.595. The van der Waals surface area contributed by atoms with Crippen molar-refractivity contribution in [2.24, 2.45) is 0 Å². The Morgan fingerprint density at radius 1 is 0.914 bits per heavy atom. The Hall–Kier alpha value is -2.58. The molecule has 0 unspecified atom stereocenters. The summed E-state index contributed by atoms with van der Waals surface area (Å²) in [5.41, 5.74) is 2.15. The van der Waals surface area contributed by atoms with Gasteiger partial charge >= 0.3 is 0 Å². The summed E-state index contributed by atoms with van der Waals surface area (Å²) in [7, 11) is -1.77. The van der Waals surface area contributed by atoms with E-state index in [1.807, 2.05) is 24.3 Å². The van der Waals surface area contributed by atoms with Gasteiger partial charge in [0.2, 0.25) is 15.9 Å². The molecule has 0 spiro atoms. The molecule has 0 atom stereocenters. The molecule has 190 valence electrons. The molecule has 2 heterocycles. The molecule has 2 aromatic rings. The predicted octanol–water partition coefficient (Wildman–Crippen LogP) is 3.98. The minimum atomic E-state index is -3.44. The van der Waals surface area contributed by atoms with Crippen molar-refractivity contribution in [1.82, 2.24) is 9.62 Å². The minimum absolute atomic E-state index is 0.0502. The molecule has 7 nitrogen and oxygen atoms in total. The maximum atomic E-state index is 12.9. The van der Waals surface area contributed by atoms with Gasteiger partial charge in [0.15, 0.2) is 0 Å². The third kappa shape index (κ3) is 6.76. The molecular weight excluding hydrogens is 462 g/mol. The average molecular weight is 500 g/mol. The van der Waals surface area contributed by atoms with Crippen LogP contribution in [-0.4, -0.2) is 58.0 Å². The molecule has 0 aliphatic carbocycles. The van der Waals surface area contributed by atoms with Gasteiger partial charge in [-0.25, -0.2) is 8.42 Å². The molecule has 0 radical (unpaired) electrons. The van der Waals surface area contributed by atoms with Gasteiger partial charge in [-0.05, 0) is 74.1 Å². The van der Waals surface area contributed by atoms with Crippen molar-refractivity contribution in [2.75, 3.05) is 38.2 Å². The van der Waals surface area contributed by atoms with E-state index < -0.39 is 10.0 Å². The zero-order valence-corrected chi connectivity index (χ0v) is 21.4. The smallest absolute Gasteiger partial charge is 0.243 e. The summed E-state index contributed by atoms with van der Waals surface area (Å²) < 4.78 is 32.7. The number of piperidine rings is 1. The highest BCUT2D eigenvalue weighted by Gasteiger charge is 2.25. The van der Waals surface area contributed by atoms with Crippen LogP contribution in [0, 0.1) is 0 Å². The summed E-state index contributed by atoms with van der Waals surface area (Å²) in [6, 6.07) is 15.3. The summed E-state index contributed by atoms with van der Waals surface area (Å²) in [5.74, 6) is 0.902. The second kappa shape index (κ2) is 11.9. The topological polar surface area (TPSA) is 79.0 Å². The predicted molar refractivity (Wildman–Crippen MR) is 138 cm³/mol. The zero-order chi connectivity index (χ0) is 24.7. The van der Waals surface area contributed by atoms with Gasteiger partial charge in [-0.2, -0.15) is 4.31 Å². The van der Waals surface area contributed by atoms with Gasteiger partial charge in [0.05, 0.1) is 12.0 Å². The number of hydrogen-bond donors (Lipinski definition) is 1. The third-order valence-corrected chi connectivity index (χ3v) is 8.98. The molecule has 8 heteroatoms. The number of ether oxygens (including phenoxy) is 1. The van der Waals surface area contributed by atoms with Gasteiger partial charge in [0.25, 0.3) is 0 Å². The highest BCUT2D eigenvalue weighted by atomic mass is 32.2. The van der Waals surface area contributed by atoms with E-state index in [0.717, 1.165) is 62.9 Å². The molecular formula is C27H37N3O4S. The van der Waals surface area contributed by atoms with Crippen molar-refractivity contribution in [3.05, 3.63) is 54.1 Å². The lowest BCUT2D eigenvalue weighted by Crippen LogP contribution is -2.44. The molecule has 0 bridgehead atoms. The van der Waals surface area contributed by atoms with Crippen molar-refractivity contribution in [3.63, 3.8) is 0 Å². The van der Waals surface area contributed by atoms with Crippen LogP contribution in [0.1, 0.15) is 50.5 Å². The first-order valence-electron chi connectivity index (χ1n) is 12.7. The molecule has 4 rings (SSSR count). The van der Waals surface area contributed by atoms with Gasteiger partial charge in [-0.3, -0.25) is 4.79 Å². The van der Waals surface area contributed by atoms with Crippen molar-refractivity contribution < 1.29 is 17.9 Å². The van der Waals surface area contributed by atoms with Crippen LogP contribution in [0.2, 0.25) is 0 Å². The van der Waals surface area contributed by atoms with Gasteiger partial charge in [0, 0.05) is 44.3 Å². The molecule has 2 aromatic carbocycles. The highest BCUT2D eigenvalue weighted by Crippen LogP contribution is 2.23. The summed E-state index contributed by atoms with van der Waals surface area (Å²) in [6.07, 6.45) is 6.86. The average Bonchev–Trinajstić information content (AvgIpc) is 3.19. The Morgan fingerprint density at radius 2 is 1.54 bits per heavy atom. The number of amides is 1. The van der Waals surface area contributed by atoms with Gasteiger partial charge < -0.3 is 15.0 Å². The minimum Gasteiger partial charge on any atom is -0.497 e. The fraction of sp³-hybridized carbons (Fsp3) is 0.519. The second-order valence-electron chi connectivity index (χ2n) is 9.49. The molecule has 0 saturated carbocycles. The monoisotopic (exact) mass is 499 g/mol. The number of carbonyl (C=O) groups excluding carboxylic acids is 1. The second-order valence-corrected chi connectivity index (χ2v) is 11.4. The van der Waals surface area contributed by atoms with Crippen molar-refractivity contribution in [2.45, 2.75) is 62.3 Å². The molecule has 2 aliphatic heterocycles. The Balaban J connectivity index is 1.22. The van der Waals surface area contributed by atoms with E-state index in [-0.39, 0.29) is 11.9 Å². The Bertz CT molecular complexity index is 1050. The van der Waals surface area contributed by atoms with E-state index in [4.69, 9.17) is 4.74 Å². The van der Waals surface area contributed by atoms with Crippen LogP contribution >= 0.6 is 0 Å². The first-order valence-corrected chi connectivity index (χ1v) is 14.2. The normalized spacial score (nSPS) is 18.1. The van der Waals surface area contributed by atoms with Crippen LogP contribution in [-0.2, 0) is 21.2 Å². The van der Waals surface area contributed by atoms with E-state index in [0.29, 0.717) is 30.8 Å². The molecule has 0 aromatic heterocycles. The van der Waals surface area contributed by atoms with E-state index in [1.165, 1.54) is 5.69 Å². The third-order valence-electron chi connectivity index (χ3n) is 7.06. The molecule has 2 saturated heterocycles. The number of rotatable bonds is 8. The standard InChI is InChI=1S/C27H37N3O4S/c1-34-25-11-9-24(10-12-25)29-20-16-23(17-21-29)28-27(31)15-8-22-6-13-26(14-7-22)35(32,33)30-18-4-2-3-5-19-30/h6-7,9-14,23H,2-5,8,15-21H2,1H3,(H,28,31). The molecule has 1 amide bonds. The number of sulfonamides is 1. The lowest BCUT2D eigenvalue weighted by molar-refractivity contribution is -0.121. The molecule has 35 heavy (non-hydrogen) atoms. The number of carbonyl (C=O) groups is 1. The van der Waals surface area contributed by atoms with Crippen molar-refractivity contribution in [1.29, 1.82) is 0 Å². The van der Waals surface area contributed by atoms with Crippen LogP contribution in [0.4, 0.5) is 5.69 Å². The number of nitrogens with one attached hydrogen (secondary N) is 1. The van der Waals surface area contributed by atoms with E-state index in [2.05, 4.69) is 22.3 Å². The lowest BCUT2D eigenvalue weighted by atomic mass is 10.0. The van der Waals surface area contributed by atoms with E-state index in [9.17, 15) is 13.2 Å². The number of aryl methyl sites for hydroxylation is 1. The fourth-order valence-corrected chi connectivity index (χ4v) is 6.41. The Kier molecular flexibility index (Phi) is 8.68. The largest absolute Gasteiger partial charge is 0.497 e. The van der Waals surface area contributed by atoms with E-state index in [1.54, 1.807) is 23.5 Å². The maximum Gasteiger partial charge on any atom is 0.243 e. The van der Waals surface area contributed by atoms with Crippen LogP contribution < -0.4 is 15.0 Å². The molecule has 2 aliphatic rings. The first kappa shape index (κ1) is 25.5. The number of methoxy groups -OCH3 is 1. The van der Waals surface area contributed by atoms with Crippen molar-refractivity contribution in [3.8, 4) is 5.75 Å². The summed E-state index contributed by atoms with van der Waals surface area (Å²) in [6.45, 7) is 3.01. The SMILES string of the molecule is COc1ccc(N2CCC(NC(=O)CCc3ccc(S(=O)(=O)N4CCCCCC4)cc3)CC2)cc1. The van der Waals surface area contributed by atoms with Gasteiger partial charge in [-0.1, -0.05) is 25.0 Å². The van der Waals surface area contributed by atoms with Crippen LogP contribution in [0.5, 0.6) is 5.75 Å². The van der Waals surface area contributed by atoms with Crippen LogP contribution in [0.3, 0.4) is 0 Å². The number of nitrogens with zero attached hydrogens (tertiary/aromatic N) is 2. The van der Waals surface area contributed by atoms with Gasteiger partial charge in [0.1, 0.15) is 5.75 Å². The maximum absolute atomic E-state index is 12.9. The fourth-order valence-electron chi connectivity index (χ4n) is 4.89. The van der Waals surface area contributed by atoms with E-state index >= 15 is 0 Å². The summed E-state index contributed by atoms with van der Waals surface area (Å²) in [5, 5.41) is 3.18. The van der Waals surface area contributed by atoms with Gasteiger partial charge in [-0.15, -0.1) is 0 Å². The Morgan fingerprint density at radius 3 is 2.14 bits per heavy atom. The van der Waals surface area contributed by atoms with Crippen LogP contribution in [0.15, 0.2) is 53.4 Å². The summed E-state index contributed by atoms with van der Waals surface area (Å²) >= 11 is 0. The van der Waals surface area contributed by atoms with Crippen LogP contribution in [0.25, 0.3) is 0 Å². The molecule has 1 N–H and O–H groups in total. The number of hydrogen-bond acceptors (Lipinski definition) is 5. The summed E-state index contributed by atoms with van der Waals surface area (Å²) in [4.78, 5) is 15.2. The zero-order valence-electron chi connectivity index (χ0n) is 20.6.